The fourth-order valence-electron chi connectivity index (χ4n) is 4.54. The predicted molar refractivity (Wildman–Crippen MR) is 127 cm³/mol. The number of hydrogen-bond donors (Lipinski definition) is 1. The molecule has 0 fully saturated rings. The van der Waals surface area contributed by atoms with E-state index in [2.05, 4.69) is 65.4 Å². The van der Waals surface area contributed by atoms with Gasteiger partial charge < -0.3 is 14.7 Å². The Bertz CT molecular complexity index is 1420. The Kier molecular flexibility index (Phi) is 5.19. The maximum absolute atomic E-state index is 8.79. The molecule has 0 atom stereocenters. The van der Waals surface area contributed by atoms with E-state index >= 15 is 0 Å². The quantitative estimate of drug-likeness (QED) is 0.317. The molecule has 0 spiro atoms. The van der Waals surface area contributed by atoms with Crippen LogP contribution in [0.2, 0.25) is 0 Å². The maximum Gasteiger partial charge on any atom is 0.143 e. The van der Waals surface area contributed by atoms with Crippen molar-refractivity contribution in [3.05, 3.63) is 72.4 Å². The van der Waals surface area contributed by atoms with Crippen LogP contribution in [0.15, 0.2) is 71.3 Å². The molecule has 0 aliphatic carbocycles. The molecule has 2 N–H and O–H groups in total. The topological polar surface area (TPSA) is 67.9 Å². The lowest BCUT2D eigenvalue weighted by molar-refractivity contribution is 0.630. The van der Waals surface area contributed by atoms with Crippen LogP contribution in [0, 0.1) is 11.3 Å². The summed E-state index contributed by atoms with van der Waals surface area (Å²) in [5, 5.41) is 12.3. The number of para-hydroxylation sites is 2. The van der Waals surface area contributed by atoms with Crippen molar-refractivity contribution in [2.24, 2.45) is 5.73 Å². The molecule has 0 amide bonds. The van der Waals surface area contributed by atoms with E-state index in [4.69, 9.17) is 15.4 Å². The summed E-state index contributed by atoms with van der Waals surface area (Å²) in [5.41, 5.74) is 12.5. The number of unbranched alkanes of at least 4 members (excludes halogenated alkanes) is 2. The van der Waals surface area contributed by atoms with E-state index in [-0.39, 0.29) is 0 Å². The summed E-state index contributed by atoms with van der Waals surface area (Å²) < 4.78 is 8.57. The summed E-state index contributed by atoms with van der Waals surface area (Å²) >= 11 is 0. The number of fused-ring (bicyclic) bond motifs is 4. The minimum absolute atomic E-state index is 0.612. The van der Waals surface area contributed by atoms with Gasteiger partial charge in [0.25, 0.3) is 0 Å². The normalized spacial score (nSPS) is 11.5. The molecule has 0 aliphatic rings. The van der Waals surface area contributed by atoms with Gasteiger partial charge in [0.05, 0.1) is 6.07 Å². The smallest absolute Gasteiger partial charge is 0.143 e. The second-order valence-corrected chi connectivity index (χ2v) is 8.01. The standard InChI is InChI=1S/C27H25N3O/c28-14-4-1-5-16-30-18-20(13-15-29)24-17-19(11-12-25(24)30)21-8-6-9-23-22-7-2-3-10-26(22)31-27(21)23/h2-3,6-12,17-18H,1,4-5,13,15-16,29H2. The molecule has 0 saturated carbocycles. The molecule has 0 unspecified atom stereocenters. The summed E-state index contributed by atoms with van der Waals surface area (Å²) in [7, 11) is 0. The van der Waals surface area contributed by atoms with Gasteiger partial charge in [-0.05, 0) is 55.1 Å². The number of benzene rings is 3. The first-order valence-electron chi connectivity index (χ1n) is 10.9. The summed E-state index contributed by atoms with van der Waals surface area (Å²) in [5.74, 6) is 0. The molecule has 0 saturated heterocycles. The number of nitrogens with zero attached hydrogens (tertiary/aromatic N) is 2. The third-order valence-corrected chi connectivity index (χ3v) is 6.03. The largest absolute Gasteiger partial charge is 0.455 e. The van der Waals surface area contributed by atoms with Crippen molar-refractivity contribution >= 4 is 32.8 Å². The Morgan fingerprint density at radius 2 is 1.81 bits per heavy atom. The Balaban J connectivity index is 1.61. The Morgan fingerprint density at radius 3 is 2.68 bits per heavy atom. The van der Waals surface area contributed by atoms with Gasteiger partial charge in [-0.3, -0.25) is 0 Å². The van der Waals surface area contributed by atoms with E-state index in [1.807, 2.05) is 12.1 Å². The molecule has 3 aromatic carbocycles. The van der Waals surface area contributed by atoms with Crippen molar-refractivity contribution < 1.29 is 4.42 Å². The average Bonchev–Trinajstić information content (AvgIpc) is 3.35. The molecule has 0 aliphatic heterocycles. The first-order chi connectivity index (χ1) is 15.3. The van der Waals surface area contributed by atoms with Gasteiger partial charge in [0, 0.05) is 46.4 Å². The fourth-order valence-corrected chi connectivity index (χ4v) is 4.54. The van der Waals surface area contributed by atoms with E-state index < -0.39 is 0 Å². The van der Waals surface area contributed by atoms with E-state index in [0.29, 0.717) is 13.0 Å². The van der Waals surface area contributed by atoms with Crippen molar-refractivity contribution in [3.63, 3.8) is 0 Å². The zero-order chi connectivity index (χ0) is 21.2. The van der Waals surface area contributed by atoms with Gasteiger partial charge in [-0.2, -0.15) is 5.26 Å². The van der Waals surface area contributed by atoms with Gasteiger partial charge in [-0.25, -0.2) is 0 Å². The number of nitrogens with two attached hydrogens (primary N) is 1. The zero-order valence-corrected chi connectivity index (χ0v) is 17.5. The fraction of sp³-hybridized carbons (Fsp3) is 0.222. The average molecular weight is 408 g/mol. The molecule has 2 aromatic heterocycles. The molecule has 4 heteroatoms. The molecule has 5 aromatic rings. The van der Waals surface area contributed by atoms with Crippen molar-refractivity contribution in [2.75, 3.05) is 6.54 Å². The predicted octanol–water partition coefficient (Wildman–Crippen LogP) is 6.40. The van der Waals surface area contributed by atoms with Crippen molar-refractivity contribution in [1.82, 2.24) is 4.57 Å². The first kappa shape index (κ1) is 19.4. The molecule has 5 rings (SSSR count). The molecule has 0 radical (unpaired) electrons. The number of rotatable bonds is 7. The van der Waals surface area contributed by atoms with Crippen molar-refractivity contribution in [3.8, 4) is 17.2 Å². The number of aromatic nitrogens is 1. The van der Waals surface area contributed by atoms with Crippen LogP contribution in [0.1, 0.15) is 24.8 Å². The minimum Gasteiger partial charge on any atom is -0.455 e. The maximum atomic E-state index is 8.79. The summed E-state index contributed by atoms with van der Waals surface area (Å²) in [4.78, 5) is 0. The van der Waals surface area contributed by atoms with Crippen molar-refractivity contribution in [2.45, 2.75) is 32.2 Å². The summed E-state index contributed by atoms with van der Waals surface area (Å²) in [6.45, 7) is 1.54. The number of aryl methyl sites for hydroxylation is 1. The molecular formula is C27H25N3O. The van der Waals surface area contributed by atoms with E-state index in [0.717, 1.165) is 58.9 Å². The second-order valence-electron chi connectivity index (χ2n) is 8.01. The van der Waals surface area contributed by atoms with E-state index in [1.54, 1.807) is 0 Å². The molecule has 4 nitrogen and oxygen atoms in total. The second kappa shape index (κ2) is 8.29. The Labute approximate surface area is 181 Å². The Morgan fingerprint density at radius 1 is 0.935 bits per heavy atom. The third kappa shape index (κ3) is 3.48. The lowest BCUT2D eigenvalue weighted by atomic mass is 9.99. The number of furan rings is 1. The van der Waals surface area contributed by atoms with Crippen LogP contribution in [-0.2, 0) is 13.0 Å². The van der Waals surface area contributed by atoms with Gasteiger partial charge in [-0.15, -0.1) is 0 Å². The van der Waals surface area contributed by atoms with Crippen LogP contribution in [0.4, 0.5) is 0 Å². The van der Waals surface area contributed by atoms with Gasteiger partial charge in [0.2, 0.25) is 0 Å². The first-order valence-corrected chi connectivity index (χ1v) is 10.9. The van der Waals surface area contributed by atoms with Crippen LogP contribution < -0.4 is 5.73 Å². The highest BCUT2D eigenvalue weighted by Crippen LogP contribution is 2.37. The lowest BCUT2D eigenvalue weighted by Crippen LogP contribution is -2.02. The number of nitriles is 1. The Hall–Kier alpha value is -3.55. The highest BCUT2D eigenvalue weighted by atomic mass is 16.3. The molecule has 31 heavy (non-hydrogen) atoms. The highest BCUT2D eigenvalue weighted by molar-refractivity contribution is 6.10. The molecule has 0 bridgehead atoms. The van der Waals surface area contributed by atoms with Gasteiger partial charge >= 0.3 is 0 Å². The monoisotopic (exact) mass is 407 g/mol. The van der Waals surface area contributed by atoms with Crippen LogP contribution in [-0.4, -0.2) is 11.1 Å². The molecular weight excluding hydrogens is 382 g/mol. The van der Waals surface area contributed by atoms with Crippen LogP contribution in [0.5, 0.6) is 0 Å². The van der Waals surface area contributed by atoms with E-state index in [1.165, 1.54) is 16.5 Å². The summed E-state index contributed by atoms with van der Waals surface area (Å²) in [6, 6.07) is 23.4. The lowest BCUT2D eigenvalue weighted by Gasteiger charge is -2.07. The third-order valence-electron chi connectivity index (χ3n) is 6.03. The van der Waals surface area contributed by atoms with Gasteiger partial charge in [0.1, 0.15) is 11.2 Å². The van der Waals surface area contributed by atoms with Crippen LogP contribution >= 0.6 is 0 Å². The highest BCUT2D eigenvalue weighted by Gasteiger charge is 2.14. The zero-order valence-electron chi connectivity index (χ0n) is 17.5. The SMILES string of the molecule is N#CCCCCn1cc(CCN)c2cc(-c3cccc4c3oc3ccccc34)ccc21. The number of hydrogen-bond acceptors (Lipinski definition) is 3. The van der Waals surface area contributed by atoms with E-state index in [9.17, 15) is 0 Å². The van der Waals surface area contributed by atoms with Crippen LogP contribution in [0.25, 0.3) is 44.0 Å². The van der Waals surface area contributed by atoms with Gasteiger partial charge in [0.15, 0.2) is 0 Å². The van der Waals surface area contributed by atoms with Crippen molar-refractivity contribution in [1.29, 1.82) is 5.26 Å². The molecule has 154 valence electrons. The van der Waals surface area contributed by atoms with Crippen LogP contribution in [0.3, 0.4) is 0 Å². The summed E-state index contributed by atoms with van der Waals surface area (Å²) in [6.07, 6.45) is 5.62. The minimum atomic E-state index is 0.612. The van der Waals surface area contributed by atoms with Gasteiger partial charge in [-0.1, -0.05) is 42.5 Å². The molecule has 2 heterocycles.